The number of hydrogen-bond acceptors (Lipinski definition) is 4. The van der Waals surface area contributed by atoms with Crippen molar-refractivity contribution in [2.24, 2.45) is 0 Å². The zero-order valence-electron chi connectivity index (χ0n) is 11.7. The van der Waals surface area contributed by atoms with Gasteiger partial charge in [-0.3, -0.25) is 9.59 Å². The van der Waals surface area contributed by atoms with Crippen LogP contribution >= 0.6 is 0 Å². The average molecular weight is 287 g/mol. The van der Waals surface area contributed by atoms with Gasteiger partial charge in [0.25, 0.3) is 5.91 Å². The summed E-state index contributed by atoms with van der Waals surface area (Å²) in [5.74, 6) is -1.42. The van der Waals surface area contributed by atoms with E-state index in [4.69, 9.17) is 10.4 Å². The van der Waals surface area contributed by atoms with Gasteiger partial charge in [0.05, 0.1) is 0 Å². The van der Waals surface area contributed by atoms with E-state index in [2.05, 4.69) is 5.32 Å². The van der Waals surface area contributed by atoms with Crippen molar-refractivity contribution >= 4 is 17.6 Å². The molecule has 21 heavy (non-hydrogen) atoms. The van der Waals surface area contributed by atoms with E-state index in [0.717, 1.165) is 5.69 Å². The molecule has 1 aromatic carbocycles. The maximum atomic E-state index is 11.8. The highest BCUT2D eigenvalue weighted by Gasteiger charge is 2.10. The third kappa shape index (κ3) is 5.78. The molecular weight excluding hydrogens is 270 g/mol. The molecule has 0 unspecified atom stereocenters. The van der Waals surface area contributed by atoms with Crippen molar-refractivity contribution in [1.29, 1.82) is 5.26 Å². The molecule has 0 aliphatic carbocycles. The van der Waals surface area contributed by atoms with Gasteiger partial charge in [0.15, 0.2) is 0 Å². The van der Waals surface area contributed by atoms with Crippen molar-refractivity contribution < 1.29 is 14.7 Å². The number of nitrogens with zero attached hydrogens (tertiary/aromatic N) is 2. The Bertz CT molecular complexity index is 561. The van der Waals surface area contributed by atoms with Gasteiger partial charge in [0.1, 0.15) is 11.6 Å². The first kappa shape index (κ1) is 16.2. The van der Waals surface area contributed by atoms with E-state index < -0.39 is 11.9 Å². The average Bonchev–Trinajstić information content (AvgIpc) is 2.49. The summed E-state index contributed by atoms with van der Waals surface area (Å²) in [6.45, 7) is 0.221. The van der Waals surface area contributed by atoms with Crippen molar-refractivity contribution in [3.05, 3.63) is 42.1 Å². The van der Waals surface area contributed by atoms with E-state index in [0.29, 0.717) is 6.42 Å². The summed E-state index contributed by atoms with van der Waals surface area (Å²) in [7, 11) is 1.74. The van der Waals surface area contributed by atoms with Gasteiger partial charge in [0.2, 0.25) is 0 Å². The van der Waals surface area contributed by atoms with E-state index in [1.807, 2.05) is 36.4 Å². The first-order valence-electron chi connectivity index (χ1n) is 6.44. The molecule has 1 amide bonds. The van der Waals surface area contributed by atoms with Crippen LogP contribution in [0.1, 0.15) is 12.8 Å². The third-order valence-corrected chi connectivity index (χ3v) is 2.70. The fourth-order valence-corrected chi connectivity index (χ4v) is 1.61. The van der Waals surface area contributed by atoms with Crippen molar-refractivity contribution in [2.45, 2.75) is 12.8 Å². The van der Waals surface area contributed by atoms with Crippen LogP contribution < -0.4 is 10.2 Å². The van der Waals surface area contributed by atoms with E-state index in [1.54, 1.807) is 11.9 Å². The molecule has 1 aromatic rings. The van der Waals surface area contributed by atoms with Gasteiger partial charge in [-0.2, -0.15) is 5.26 Å². The van der Waals surface area contributed by atoms with Crippen LogP contribution in [0.4, 0.5) is 5.69 Å². The molecule has 6 heteroatoms. The molecule has 0 saturated carbocycles. The highest BCUT2D eigenvalue weighted by molar-refractivity contribution is 5.97. The normalized spacial score (nSPS) is 10.6. The Morgan fingerprint density at radius 3 is 2.62 bits per heavy atom. The number of carboxylic acids is 1. The summed E-state index contributed by atoms with van der Waals surface area (Å²) in [5, 5.41) is 20.1. The molecular formula is C15H17N3O3. The van der Waals surface area contributed by atoms with Crippen LogP contribution in [0.5, 0.6) is 0 Å². The number of aliphatic carboxylic acids is 1. The second kappa shape index (κ2) is 8.38. The highest BCUT2D eigenvalue weighted by Crippen LogP contribution is 2.12. The van der Waals surface area contributed by atoms with Gasteiger partial charge >= 0.3 is 5.97 Å². The number of nitrogens with one attached hydrogen (secondary N) is 1. The third-order valence-electron chi connectivity index (χ3n) is 2.70. The molecule has 0 spiro atoms. The molecule has 0 saturated heterocycles. The topological polar surface area (TPSA) is 93.4 Å². The number of carbonyl (C=O) groups is 2. The minimum atomic E-state index is -0.913. The number of amides is 1. The molecule has 0 atom stereocenters. The van der Waals surface area contributed by atoms with E-state index in [1.165, 1.54) is 6.20 Å². The van der Waals surface area contributed by atoms with Gasteiger partial charge < -0.3 is 15.3 Å². The molecule has 0 fully saturated rings. The molecule has 110 valence electrons. The number of benzene rings is 1. The number of carbonyl (C=O) groups excluding carboxylic acids is 1. The summed E-state index contributed by atoms with van der Waals surface area (Å²) in [6.07, 6.45) is 1.76. The zero-order chi connectivity index (χ0) is 15.7. The molecule has 0 bridgehead atoms. The predicted octanol–water partition coefficient (Wildman–Crippen LogP) is 1.51. The zero-order valence-corrected chi connectivity index (χ0v) is 11.7. The smallest absolute Gasteiger partial charge is 0.303 e. The monoisotopic (exact) mass is 287 g/mol. The largest absolute Gasteiger partial charge is 0.481 e. The van der Waals surface area contributed by atoms with E-state index in [-0.39, 0.29) is 18.5 Å². The Morgan fingerprint density at radius 2 is 2.05 bits per heavy atom. The number of anilines is 1. The second-order valence-corrected chi connectivity index (χ2v) is 4.35. The number of hydrogen-bond donors (Lipinski definition) is 2. The van der Waals surface area contributed by atoms with Gasteiger partial charge in [-0.15, -0.1) is 0 Å². The lowest BCUT2D eigenvalue weighted by molar-refractivity contribution is -0.137. The summed E-state index contributed by atoms with van der Waals surface area (Å²) >= 11 is 0. The molecule has 0 aromatic heterocycles. The standard InChI is InChI=1S/C15H17N3O3/c1-18(13-6-3-2-4-7-13)11-12(10-16)15(21)17-9-5-8-14(19)20/h2-4,6-7,11H,5,8-9H2,1H3,(H,17,21)(H,19,20)/b12-11-. The Hall–Kier alpha value is -2.81. The fourth-order valence-electron chi connectivity index (χ4n) is 1.61. The molecule has 0 aliphatic rings. The number of para-hydroxylation sites is 1. The Kier molecular flexibility index (Phi) is 6.48. The van der Waals surface area contributed by atoms with Crippen LogP contribution in [0.3, 0.4) is 0 Å². The number of nitriles is 1. The van der Waals surface area contributed by atoms with Crippen LogP contribution in [-0.2, 0) is 9.59 Å². The second-order valence-electron chi connectivity index (χ2n) is 4.35. The SMILES string of the molecule is CN(/C=C(/C#N)C(=O)NCCCC(=O)O)c1ccccc1. The number of carboxylic acid groups (broad SMARTS) is 1. The lowest BCUT2D eigenvalue weighted by Crippen LogP contribution is -2.27. The van der Waals surface area contributed by atoms with E-state index >= 15 is 0 Å². The first-order valence-corrected chi connectivity index (χ1v) is 6.44. The van der Waals surface area contributed by atoms with Gasteiger partial charge in [-0.05, 0) is 18.6 Å². The van der Waals surface area contributed by atoms with Gasteiger partial charge in [0, 0.05) is 31.9 Å². The molecule has 0 aliphatic heterocycles. The maximum absolute atomic E-state index is 11.8. The predicted molar refractivity (Wildman–Crippen MR) is 78.4 cm³/mol. The van der Waals surface area contributed by atoms with Gasteiger partial charge in [-0.25, -0.2) is 0 Å². The van der Waals surface area contributed by atoms with Crippen LogP contribution in [0.15, 0.2) is 42.1 Å². The molecule has 2 N–H and O–H groups in total. The lowest BCUT2D eigenvalue weighted by atomic mass is 10.2. The van der Waals surface area contributed by atoms with Crippen LogP contribution in [-0.4, -0.2) is 30.6 Å². The first-order chi connectivity index (χ1) is 10.0. The van der Waals surface area contributed by atoms with Crippen LogP contribution in [0, 0.1) is 11.3 Å². The Morgan fingerprint density at radius 1 is 1.38 bits per heavy atom. The minimum Gasteiger partial charge on any atom is -0.481 e. The number of rotatable bonds is 7. The van der Waals surface area contributed by atoms with E-state index in [9.17, 15) is 9.59 Å². The summed E-state index contributed by atoms with van der Waals surface area (Å²) in [5.41, 5.74) is 0.820. The molecule has 6 nitrogen and oxygen atoms in total. The highest BCUT2D eigenvalue weighted by atomic mass is 16.4. The van der Waals surface area contributed by atoms with Crippen molar-refractivity contribution in [2.75, 3.05) is 18.5 Å². The maximum Gasteiger partial charge on any atom is 0.303 e. The van der Waals surface area contributed by atoms with Crippen LogP contribution in [0.25, 0.3) is 0 Å². The molecule has 1 rings (SSSR count). The van der Waals surface area contributed by atoms with Crippen LogP contribution in [0.2, 0.25) is 0 Å². The molecule has 0 radical (unpaired) electrons. The van der Waals surface area contributed by atoms with Gasteiger partial charge in [-0.1, -0.05) is 18.2 Å². The summed E-state index contributed by atoms with van der Waals surface area (Å²) in [6, 6.07) is 11.2. The Balaban J connectivity index is 2.61. The van der Waals surface area contributed by atoms with Crippen molar-refractivity contribution in [3.8, 4) is 6.07 Å². The minimum absolute atomic E-state index is 0.0181. The summed E-state index contributed by atoms with van der Waals surface area (Å²) in [4.78, 5) is 23.8. The van der Waals surface area contributed by atoms with Crippen molar-refractivity contribution in [1.82, 2.24) is 5.32 Å². The summed E-state index contributed by atoms with van der Waals surface area (Å²) < 4.78 is 0. The quantitative estimate of drug-likeness (QED) is 0.450. The van der Waals surface area contributed by atoms with Crippen molar-refractivity contribution in [3.63, 3.8) is 0 Å². The fraction of sp³-hybridized carbons (Fsp3) is 0.267. The molecule has 0 heterocycles. The Labute approximate surface area is 123 Å². The lowest BCUT2D eigenvalue weighted by Gasteiger charge is -2.14.